The van der Waals surface area contributed by atoms with Gasteiger partial charge in [0.25, 0.3) is 5.91 Å². The van der Waals surface area contributed by atoms with Gasteiger partial charge >= 0.3 is 5.97 Å². The number of ether oxygens (including phenoxy) is 1. The molecule has 2 heterocycles. The molecular formula is C22H20N3O3+. The van der Waals surface area contributed by atoms with Gasteiger partial charge in [-0.25, -0.2) is 9.78 Å². The van der Waals surface area contributed by atoms with Crippen LogP contribution in [-0.4, -0.2) is 23.0 Å². The molecule has 0 aliphatic heterocycles. The second-order valence-electron chi connectivity index (χ2n) is 6.92. The lowest BCUT2D eigenvalue weighted by Crippen LogP contribution is -2.16. The Morgan fingerprint density at radius 1 is 1.07 bits per heavy atom. The van der Waals surface area contributed by atoms with Gasteiger partial charge in [-0.2, -0.15) is 0 Å². The van der Waals surface area contributed by atoms with Gasteiger partial charge in [0.15, 0.2) is 0 Å². The molecule has 0 radical (unpaired) electrons. The number of aromatic amines is 2. The number of benzene rings is 2. The van der Waals surface area contributed by atoms with Gasteiger partial charge in [0.2, 0.25) is 11.2 Å². The number of nitrogens with two attached hydrogens (primary N) is 1. The Balaban J connectivity index is 1.93. The fourth-order valence-corrected chi connectivity index (χ4v) is 3.29. The first-order valence-corrected chi connectivity index (χ1v) is 9.02. The maximum absolute atomic E-state index is 12.2. The van der Waals surface area contributed by atoms with Crippen molar-refractivity contribution in [2.75, 3.05) is 0 Å². The number of hydrogen-bond donors (Lipinski definition) is 2. The molecular weight excluding hydrogens is 354 g/mol. The van der Waals surface area contributed by atoms with Crippen molar-refractivity contribution in [3.8, 4) is 11.3 Å². The van der Waals surface area contributed by atoms with Crippen molar-refractivity contribution < 1.29 is 19.3 Å². The summed E-state index contributed by atoms with van der Waals surface area (Å²) in [5.74, 6) is -0.915. The quantitative estimate of drug-likeness (QED) is 0.535. The Bertz CT molecular complexity index is 1210. The zero-order chi connectivity index (χ0) is 19.8. The van der Waals surface area contributed by atoms with E-state index in [-0.39, 0.29) is 12.1 Å². The van der Waals surface area contributed by atoms with Crippen LogP contribution in [0.3, 0.4) is 0 Å². The van der Waals surface area contributed by atoms with Gasteiger partial charge in [-0.05, 0) is 44.2 Å². The predicted octanol–water partition coefficient (Wildman–Crippen LogP) is 3.47. The van der Waals surface area contributed by atoms with Gasteiger partial charge in [-0.15, -0.1) is 0 Å². The van der Waals surface area contributed by atoms with E-state index in [2.05, 4.69) is 9.97 Å². The number of fused-ring (bicyclic) bond motifs is 3. The second kappa shape index (κ2) is 6.81. The van der Waals surface area contributed by atoms with Gasteiger partial charge < -0.3 is 15.5 Å². The number of amides is 1. The van der Waals surface area contributed by atoms with Gasteiger partial charge in [-0.1, -0.05) is 18.2 Å². The van der Waals surface area contributed by atoms with Crippen LogP contribution in [0.4, 0.5) is 0 Å². The number of hydrogen-bond acceptors (Lipinski definition) is 3. The summed E-state index contributed by atoms with van der Waals surface area (Å²) in [6, 6.07) is 16.7. The summed E-state index contributed by atoms with van der Waals surface area (Å²) in [5.41, 5.74) is 10.3. The SMILES string of the molecule is CC(C)OC(=O)c1ccc2c(c1)[nH]c1c(C(N)=O)cc(-c3ccccc3)[nH+]c12. The summed E-state index contributed by atoms with van der Waals surface area (Å²) < 4.78 is 5.26. The van der Waals surface area contributed by atoms with E-state index in [0.29, 0.717) is 16.6 Å². The maximum atomic E-state index is 12.2. The molecule has 0 saturated heterocycles. The Morgan fingerprint density at radius 2 is 1.82 bits per heavy atom. The molecule has 28 heavy (non-hydrogen) atoms. The first kappa shape index (κ1) is 17.7. The molecule has 4 rings (SSSR count). The zero-order valence-electron chi connectivity index (χ0n) is 15.6. The van der Waals surface area contributed by atoms with Crippen LogP contribution in [0.1, 0.15) is 34.6 Å². The summed E-state index contributed by atoms with van der Waals surface area (Å²) in [4.78, 5) is 30.9. The number of carbonyl (C=O) groups is 2. The van der Waals surface area contributed by atoms with E-state index < -0.39 is 5.91 Å². The molecule has 0 spiro atoms. The second-order valence-corrected chi connectivity index (χ2v) is 6.92. The predicted molar refractivity (Wildman–Crippen MR) is 107 cm³/mol. The zero-order valence-corrected chi connectivity index (χ0v) is 15.6. The highest BCUT2D eigenvalue weighted by molar-refractivity contribution is 6.13. The molecule has 0 saturated carbocycles. The number of nitrogens with one attached hydrogen (secondary N) is 2. The summed E-state index contributed by atoms with van der Waals surface area (Å²) in [6.45, 7) is 3.61. The molecule has 2 aromatic carbocycles. The highest BCUT2D eigenvalue weighted by Crippen LogP contribution is 2.28. The minimum Gasteiger partial charge on any atom is -0.459 e. The van der Waals surface area contributed by atoms with Crippen LogP contribution in [0.15, 0.2) is 54.6 Å². The highest BCUT2D eigenvalue weighted by atomic mass is 16.5. The topological polar surface area (TPSA) is 99.3 Å². The molecule has 2 aromatic heterocycles. The molecule has 4 aromatic rings. The Morgan fingerprint density at radius 3 is 2.50 bits per heavy atom. The first-order chi connectivity index (χ1) is 13.4. The highest BCUT2D eigenvalue weighted by Gasteiger charge is 2.22. The smallest absolute Gasteiger partial charge is 0.338 e. The molecule has 0 aliphatic rings. The summed E-state index contributed by atoms with van der Waals surface area (Å²) in [5, 5.41) is 0.858. The minimum atomic E-state index is -0.526. The van der Waals surface area contributed by atoms with Crippen molar-refractivity contribution in [1.82, 2.24) is 4.98 Å². The summed E-state index contributed by atoms with van der Waals surface area (Å²) in [6.07, 6.45) is -0.200. The lowest BCUT2D eigenvalue weighted by atomic mass is 10.1. The third-order valence-electron chi connectivity index (χ3n) is 4.54. The molecule has 6 heteroatoms. The van der Waals surface area contributed by atoms with E-state index in [9.17, 15) is 9.59 Å². The monoisotopic (exact) mass is 374 g/mol. The molecule has 1 amide bonds. The number of H-pyrrole nitrogens is 2. The number of primary amides is 1. The summed E-state index contributed by atoms with van der Waals surface area (Å²) >= 11 is 0. The van der Waals surface area contributed by atoms with E-state index >= 15 is 0 Å². The standard InChI is InChI=1S/C22H19N3O3/c1-12(2)28-22(27)14-8-9-15-18(10-14)25-20-16(21(23)26)11-17(24-19(15)20)13-6-4-3-5-7-13/h3-12,25H,1-2H3,(H2,23,26)/p+1. The van der Waals surface area contributed by atoms with Gasteiger partial charge in [0, 0.05) is 11.6 Å². The van der Waals surface area contributed by atoms with Crippen LogP contribution in [0.2, 0.25) is 0 Å². The van der Waals surface area contributed by atoms with Gasteiger partial charge in [0.1, 0.15) is 5.52 Å². The van der Waals surface area contributed by atoms with Crippen molar-refractivity contribution in [3.63, 3.8) is 0 Å². The third-order valence-corrected chi connectivity index (χ3v) is 4.54. The van der Waals surface area contributed by atoms with E-state index in [1.807, 2.05) is 36.4 Å². The third kappa shape index (κ3) is 3.09. The molecule has 0 aliphatic carbocycles. The average molecular weight is 374 g/mol. The maximum Gasteiger partial charge on any atom is 0.338 e. The Kier molecular flexibility index (Phi) is 4.31. The van der Waals surface area contributed by atoms with Crippen molar-refractivity contribution >= 4 is 33.8 Å². The van der Waals surface area contributed by atoms with Crippen molar-refractivity contribution in [2.45, 2.75) is 20.0 Å². The Labute approximate surface area is 161 Å². The Hall–Kier alpha value is -3.67. The van der Waals surface area contributed by atoms with Crippen molar-refractivity contribution in [2.24, 2.45) is 5.73 Å². The van der Waals surface area contributed by atoms with Crippen LogP contribution in [0, 0.1) is 0 Å². The van der Waals surface area contributed by atoms with Crippen molar-refractivity contribution in [1.29, 1.82) is 0 Å². The van der Waals surface area contributed by atoms with Crippen LogP contribution in [0.25, 0.3) is 33.2 Å². The van der Waals surface area contributed by atoms with Crippen LogP contribution >= 0.6 is 0 Å². The molecule has 0 atom stereocenters. The largest absolute Gasteiger partial charge is 0.459 e. The van der Waals surface area contributed by atoms with E-state index in [4.69, 9.17) is 10.5 Å². The first-order valence-electron chi connectivity index (χ1n) is 9.02. The van der Waals surface area contributed by atoms with Crippen LogP contribution < -0.4 is 10.7 Å². The molecule has 140 valence electrons. The van der Waals surface area contributed by atoms with E-state index in [1.165, 1.54) is 0 Å². The van der Waals surface area contributed by atoms with Gasteiger partial charge in [-0.3, -0.25) is 4.79 Å². The number of aromatic nitrogens is 2. The molecule has 0 unspecified atom stereocenters. The fourth-order valence-electron chi connectivity index (χ4n) is 3.29. The molecule has 0 bridgehead atoms. The van der Waals surface area contributed by atoms with E-state index in [1.54, 1.807) is 32.0 Å². The number of rotatable bonds is 4. The van der Waals surface area contributed by atoms with Gasteiger partial charge in [0.05, 0.1) is 28.1 Å². The van der Waals surface area contributed by atoms with E-state index in [0.717, 1.165) is 27.7 Å². The number of esters is 1. The molecule has 0 fully saturated rings. The lowest BCUT2D eigenvalue weighted by Gasteiger charge is -2.07. The number of pyridine rings is 1. The average Bonchev–Trinajstić information content (AvgIpc) is 3.05. The molecule has 6 nitrogen and oxygen atoms in total. The lowest BCUT2D eigenvalue weighted by molar-refractivity contribution is -0.329. The van der Waals surface area contributed by atoms with Crippen molar-refractivity contribution in [3.05, 3.63) is 65.7 Å². The van der Waals surface area contributed by atoms with Crippen LogP contribution in [-0.2, 0) is 4.74 Å². The van der Waals surface area contributed by atoms with Crippen LogP contribution in [0.5, 0.6) is 0 Å². The fraction of sp³-hybridized carbons (Fsp3) is 0.136. The summed E-state index contributed by atoms with van der Waals surface area (Å²) in [7, 11) is 0. The normalized spacial score (nSPS) is 11.2. The minimum absolute atomic E-state index is 0.200. The number of carbonyl (C=O) groups excluding carboxylic acids is 2. The molecule has 4 N–H and O–H groups in total.